The Hall–Kier alpha value is -0.860. The number of rotatable bonds is 2. The Kier molecular flexibility index (Phi) is 3.67. The lowest BCUT2D eigenvalue weighted by atomic mass is 10.0. The van der Waals surface area contributed by atoms with E-state index < -0.39 is 0 Å². The Morgan fingerprint density at radius 1 is 1.50 bits per heavy atom. The predicted molar refractivity (Wildman–Crippen MR) is 59.0 cm³/mol. The molecule has 0 bridgehead atoms. The molecular weight excluding hydrogens is 201 g/mol. The molecule has 2 N–H and O–H groups in total. The van der Waals surface area contributed by atoms with Crippen LogP contribution < -0.4 is 5.73 Å². The van der Waals surface area contributed by atoms with E-state index in [0.717, 1.165) is 5.56 Å². The fraction of sp³-hybridized carbons (Fsp3) is 0.273. The standard InChI is InChI=1S/C11H13ClFN/c1-7-6-10(12)8(2)9(11(7)13)4-3-5-14/h3-4,6H,5,14H2,1-2H3/b4-3+. The Balaban J connectivity index is 3.32. The Labute approximate surface area is 88.4 Å². The van der Waals surface area contributed by atoms with Crippen molar-refractivity contribution in [3.63, 3.8) is 0 Å². The van der Waals surface area contributed by atoms with Crippen molar-refractivity contribution in [2.75, 3.05) is 6.54 Å². The summed E-state index contributed by atoms with van der Waals surface area (Å²) < 4.78 is 13.6. The molecule has 1 aromatic carbocycles. The molecule has 76 valence electrons. The van der Waals surface area contributed by atoms with Crippen molar-refractivity contribution in [1.29, 1.82) is 0 Å². The van der Waals surface area contributed by atoms with E-state index in [9.17, 15) is 4.39 Å². The van der Waals surface area contributed by atoms with Crippen molar-refractivity contribution in [3.05, 3.63) is 39.7 Å². The molecule has 0 aliphatic rings. The van der Waals surface area contributed by atoms with Gasteiger partial charge in [0.05, 0.1) is 0 Å². The van der Waals surface area contributed by atoms with Gasteiger partial charge in [-0.1, -0.05) is 23.8 Å². The molecule has 0 saturated carbocycles. The van der Waals surface area contributed by atoms with Gasteiger partial charge in [0, 0.05) is 17.1 Å². The molecule has 0 aliphatic carbocycles. The Morgan fingerprint density at radius 2 is 2.14 bits per heavy atom. The van der Waals surface area contributed by atoms with Crippen molar-refractivity contribution < 1.29 is 4.39 Å². The largest absolute Gasteiger partial charge is 0.327 e. The number of aryl methyl sites for hydroxylation is 1. The second-order valence-corrected chi connectivity index (χ2v) is 3.57. The summed E-state index contributed by atoms with van der Waals surface area (Å²) in [6, 6.07) is 1.63. The van der Waals surface area contributed by atoms with Gasteiger partial charge in [-0.2, -0.15) is 0 Å². The monoisotopic (exact) mass is 213 g/mol. The van der Waals surface area contributed by atoms with Crippen LogP contribution in [0.2, 0.25) is 5.02 Å². The average Bonchev–Trinajstić information content (AvgIpc) is 2.15. The van der Waals surface area contributed by atoms with Gasteiger partial charge in [-0.25, -0.2) is 4.39 Å². The minimum atomic E-state index is -0.225. The zero-order chi connectivity index (χ0) is 10.7. The summed E-state index contributed by atoms with van der Waals surface area (Å²) in [6.45, 7) is 3.88. The lowest BCUT2D eigenvalue weighted by molar-refractivity contribution is 0.614. The minimum absolute atomic E-state index is 0.225. The first-order chi connectivity index (χ1) is 6.57. The van der Waals surface area contributed by atoms with Crippen LogP contribution in [0.3, 0.4) is 0 Å². The quantitative estimate of drug-likeness (QED) is 0.803. The van der Waals surface area contributed by atoms with Gasteiger partial charge in [-0.15, -0.1) is 0 Å². The topological polar surface area (TPSA) is 26.0 Å². The van der Waals surface area contributed by atoms with Gasteiger partial charge in [-0.3, -0.25) is 0 Å². The molecule has 0 spiro atoms. The maximum Gasteiger partial charge on any atom is 0.133 e. The third kappa shape index (κ3) is 2.14. The second kappa shape index (κ2) is 4.58. The number of nitrogens with two attached hydrogens (primary N) is 1. The molecule has 1 aromatic rings. The van der Waals surface area contributed by atoms with E-state index in [4.69, 9.17) is 17.3 Å². The van der Waals surface area contributed by atoms with E-state index in [1.165, 1.54) is 0 Å². The first-order valence-corrected chi connectivity index (χ1v) is 4.77. The smallest absolute Gasteiger partial charge is 0.133 e. The molecule has 0 radical (unpaired) electrons. The summed E-state index contributed by atoms with van der Waals surface area (Å²) in [6.07, 6.45) is 3.38. The second-order valence-electron chi connectivity index (χ2n) is 3.17. The molecule has 3 heteroatoms. The first kappa shape index (κ1) is 11.2. The molecule has 0 fully saturated rings. The Bertz CT molecular complexity index is 346. The zero-order valence-corrected chi connectivity index (χ0v) is 9.03. The molecule has 0 heterocycles. The number of halogens is 2. The fourth-order valence-corrected chi connectivity index (χ4v) is 1.52. The van der Waals surface area contributed by atoms with E-state index in [1.807, 2.05) is 0 Å². The van der Waals surface area contributed by atoms with Crippen LogP contribution in [0, 0.1) is 19.7 Å². The van der Waals surface area contributed by atoms with E-state index in [1.54, 1.807) is 32.1 Å². The molecule has 0 unspecified atom stereocenters. The van der Waals surface area contributed by atoms with Crippen LogP contribution >= 0.6 is 11.6 Å². The lowest BCUT2D eigenvalue weighted by Gasteiger charge is -2.07. The highest BCUT2D eigenvalue weighted by atomic mass is 35.5. The molecule has 0 saturated heterocycles. The molecule has 1 rings (SSSR count). The highest BCUT2D eigenvalue weighted by Crippen LogP contribution is 2.25. The van der Waals surface area contributed by atoms with Gasteiger partial charge in [0.1, 0.15) is 5.82 Å². The Morgan fingerprint density at radius 3 is 2.71 bits per heavy atom. The van der Waals surface area contributed by atoms with Crippen molar-refractivity contribution in [2.24, 2.45) is 5.73 Å². The summed E-state index contributed by atoms with van der Waals surface area (Å²) in [7, 11) is 0. The molecule has 14 heavy (non-hydrogen) atoms. The van der Waals surface area contributed by atoms with Crippen LogP contribution in [0.1, 0.15) is 16.7 Å². The lowest BCUT2D eigenvalue weighted by Crippen LogP contribution is -1.96. The highest BCUT2D eigenvalue weighted by molar-refractivity contribution is 6.31. The maximum absolute atomic E-state index is 13.6. The molecule has 1 nitrogen and oxygen atoms in total. The van der Waals surface area contributed by atoms with Gasteiger partial charge < -0.3 is 5.73 Å². The maximum atomic E-state index is 13.6. The number of hydrogen-bond acceptors (Lipinski definition) is 1. The van der Waals surface area contributed by atoms with Crippen LogP contribution in [0.5, 0.6) is 0 Å². The molecule has 0 aromatic heterocycles. The van der Waals surface area contributed by atoms with Crippen molar-refractivity contribution >= 4 is 17.7 Å². The van der Waals surface area contributed by atoms with Gasteiger partial charge in [-0.05, 0) is 31.0 Å². The average molecular weight is 214 g/mol. The van der Waals surface area contributed by atoms with Crippen molar-refractivity contribution in [2.45, 2.75) is 13.8 Å². The van der Waals surface area contributed by atoms with E-state index in [0.29, 0.717) is 22.7 Å². The van der Waals surface area contributed by atoms with Gasteiger partial charge in [0.25, 0.3) is 0 Å². The summed E-state index contributed by atoms with van der Waals surface area (Å²) in [4.78, 5) is 0. The summed E-state index contributed by atoms with van der Waals surface area (Å²) in [5.41, 5.74) is 7.14. The number of benzene rings is 1. The molecule has 0 atom stereocenters. The highest BCUT2D eigenvalue weighted by Gasteiger charge is 2.09. The van der Waals surface area contributed by atoms with Crippen LogP contribution in [-0.2, 0) is 0 Å². The first-order valence-electron chi connectivity index (χ1n) is 4.39. The summed E-state index contributed by atoms with van der Waals surface area (Å²) in [5, 5.41) is 0.584. The predicted octanol–water partition coefficient (Wildman–Crippen LogP) is 3.07. The van der Waals surface area contributed by atoms with E-state index in [-0.39, 0.29) is 5.82 Å². The fourth-order valence-electron chi connectivity index (χ4n) is 1.25. The van der Waals surface area contributed by atoms with Crippen LogP contribution in [0.15, 0.2) is 12.1 Å². The molecular formula is C11H13ClFN. The van der Waals surface area contributed by atoms with Gasteiger partial charge in [0.15, 0.2) is 0 Å². The minimum Gasteiger partial charge on any atom is -0.327 e. The zero-order valence-electron chi connectivity index (χ0n) is 8.27. The van der Waals surface area contributed by atoms with Crippen LogP contribution in [0.25, 0.3) is 6.08 Å². The van der Waals surface area contributed by atoms with E-state index in [2.05, 4.69) is 0 Å². The van der Waals surface area contributed by atoms with Crippen molar-refractivity contribution in [3.8, 4) is 0 Å². The number of hydrogen-bond donors (Lipinski definition) is 1. The summed E-state index contributed by atoms with van der Waals surface area (Å²) >= 11 is 5.94. The van der Waals surface area contributed by atoms with Crippen LogP contribution in [-0.4, -0.2) is 6.54 Å². The molecule has 0 amide bonds. The van der Waals surface area contributed by atoms with E-state index >= 15 is 0 Å². The van der Waals surface area contributed by atoms with Crippen molar-refractivity contribution in [1.82, 2.24) is 0 Å². The normalized spacial score (nSPS) is 11.2. The van der Waals surface area contributed by atoms with Gasteiger partial charge in [0.2, 0.25) is 0 Å². The third-order valence-corrected chi connectivity index (χ3v) is 2.50. The van der Waals surface area contributed by atoms with Gasteiger partial charge >= 0.3 is 0 Å². The SMILES string of the molecule is Cc1cc(Cl)c(C)c(/C=C/CN)c1F. The summed E-state index contributed by atoms with van der Waals surface area (Å²) in [5.74, 6) is -0.225. The molecule has 0 aliphatic heterocycles. The van der Waals surface area contributed by atoms with Crippen LogP contribution in [0.4, 0.5) is 4.39 Å². The third-order valence-electron chi connectivity index (χ3n) is 2.11.